The van der Waals surface area contributed by atoms with E-state index in [1.165, 1.54) is 85.3 Å². The van der Waals surface area contributed by atoms with Gasteiger partial charge in [0.1, 0.15) is 0 Å². The van der Waals surface area contributed by atoms with Crippen molar-refractivity contribution in [3.63, 3.8) is 0 Å². The summed E-state index contributed by atoms with van der Waals surface area (Å²) in [4.78, 5) is 2.46. The van der Waals surface area contributed by atoms with Gasteiger partial charge in [-0.25, -0.2) is 0 Å². The summed E-state index contributed by atoms with van der Waals surface area (Å²) in [5, 5.41) is 1.36. The minimum absolute atomic E-state index is 0.631. The van der Waals surface area contributed by atoms with Crippen LogP contribution in [-0.2, 0) is 0 Å². The summed E-state index contributed by atoms with van der Waals surface area (Å²) in [6, 6.07) is 22.9. The first kappa shape index (κ1) is 27.3. The Labute approximate surface area is 223 Å². The van der Waals surface area contributed by atoms with Crippen molar-refractivity contribution in [2.75, 3.05) is 4.90 Å². The monoisotopic (exact) mass is 581 g/mol. The van der Waals surface area contributed by atoms with Gasteiger partial charge in [-0.05, 0) is 0 Å². The topological polar surface area (TPSA) is 3.24 Å². The van der Waals surface area contributed by atoms with Crippen molar-refractivity contribution in [3.8, 4) is 0 Å². The van der Waals surface area contributed by atoms with E-state index in [1.54, 1.807) is 2.89 Å². The molecule has 0 saturated heterocycles. The van der Waals surface area contributed by atoms with Crippen LogP contribution in [0.3, 0.4) is 0 Å². The Balaban J connectivity index is 1.94. The van der Waals surface area contributed by atoms with Gasteiger partial charge in [-0.3, -0.25) is 0 Å². The zero-order chi connectivity index (χ0) is 24.4. The molecule has 3 aromatic rings. The van der Waals surface area contributed by atoms with E-state index < -0.39 is 21.1 Å². The molecule has 0 amide bonds. The van der Waals surface area contributed by atoms with E-state index in [0.29, 0.717) is 3.43 Å². The molecule has 0 aliphatic heterocycles. The van der Waals surface area contributed by atoms with Crippen LogP contribution in [0.4, 0.5) is 16.4 Å². The molecular formula is C31H43NSSn. The van der Waals surface area contributed by atoms with Gasteiger partial charge in [0.2, 0.25) is 0 Å². The van der Waals surface area contributed by atoms with Crippen molar-refractivity contribution in [2.24, 2.45) is 0 Å². The van der Waals surface area contributed by atoms with E-state index in [9.17, 15) is 0 Å². The Morgan fingerprint density at radius 2 is 1.09 bits per heavy atom. The first-order valence-electron chi connectivity index (χ1n) is 13.3. The van der Waals surface area contributed by atoms with Gasteiger partial charge < -0.3 is 0 Å². The molecule has 0 atom stereocenters. The van der Waals surface area contributed by atoms with Crippen LogP contribution >= 0.6 is 11.3 Å². The Hall–Kier alpha value is -1.26. The van der Waals surface area contributed by atoms with Crippen LogP contribution in [0.25, 0.3) is 0 Å². The van der Waals surface area contributed by atoms with Crippen LogP contribution in [0.15, 0.2) is 60.7 Å². The van der Waals surface area contributed by atoms with Crippen LogP contribution in [0.1, 0.15) is 89.7 Å². The Bertz CT molecular complexity index is 906. The molecule has 0 spiro atoms. The van der Waals surface area contributed by atoms with E-state index >= 15 is 0 Å². The van der Waals surface area contributed by atoms with E-state index in [2.05, 4.69) is 112 Å². The number of nitrogens with zero attached hydrogens (tertiary/aromatic N) is 1. The fraction of sp³-hybridized carbons (Fsp3) is 0.484. The zero-order valence-corrected chi connectivity index (χ0v) is 25.7. The molecular weight excluding hydrogens is 537 g/mol. The molecule has 0 aliphatic carbocycles. The predicted octanol–water partition coefficient (Wildman–Crippen LogP) is 9.89. The number of hydrogen-bond acceptors (Lipinski definition) is 2. The molecule has 0 unspecified atom stereocenters. The van der Waals surface area contributed by atoms with Crippen molar-refractivity contribution in [1.29, 1.82) is 0 Å². The molecule has 0 N–H and O–H groups in total. The fourth-order valence-corrected chi connectivity index (χ4v) is 12.9. The predicted molar refractivity (Wildman–Crippen MR) is 155 cm³/mol. The van der Waals surface area contributed by atoms with Gasteiger partial charge in [0.05, 0.1) is 0 Å². The molecule has 3 rings (SSSR count). The summed E-state index contributed by atoms with van der Waals surface area (Å²) in [6.45, 7) is 11.4. The Morgan fingerprint density at radius 3 is 1.50 bits per heavy atom. The third-order valence-corrected chi connectivity index (χ3v) is 14.1. The fourth-order valence-electron chi connectivity index (χ4n) is 4.68. The second-order valence-corrected chi connectivity index (χ2v) is 17.2. The van der Waals surface area contributed by atoms with E-state index in [4.69, 9.17) is 0 Å². The Kier molecular flexibility index (Phi) is 11.0. The van der Waals surface area contributed by atoms with Crippen molar-refractivity contribution < 1.29 is 0 Å². The van der Waals surface area contributed by atoms with Gasteiger partial charge in [-0.2, -0.15) is 0 Å². The average Bonchev–Trinajstić information content (AvgIpc) is 3.30. The average molecular weight is 580 g/mol. The molecule has 0 aliphatic rings. The van der Waals surface area contributed by atoms with Gasteiger partial charge in [-0.15, -0.1) is 0 Å². The minimum atomic E-state index is -0.712. The number of aryl methyl sites for hydroxylation is 2. The third-order valence-electron chi connectivity index (χ3n) is 6.81. The van der Waals surface area contributed by atoms with Gasteiger partial charge in [-0.1, -0.05) is 0 Å². The molecule has 0 bridgehead atoms. The SMILES string of the molecule is CCCC[C](CCCC)(CCCC)[Sn][c]1ccc(N(c2ccc(C)cc2)c2ccc(C)cc2)s1. The summed E-state index contributed by atoms with van der Waals surface area (Å²) in [6.07, 6.45) is 12.5. The van der Waals surface area contributed by atoms with Crippen LogP contribution in [-0.4, -0.2) is 21.1 Å². The van der Waals surface area contributed by atoms with E-state index in [0.717, 1.165) is 0 Å². The van der Waals surface area contributed by atoms with Crippen LogP contribution in [0, 0.1) is 13.8 Å². The molecule has 0 saturated carbocycles. The summed E-state index contributed by atoms with van der Waals surface area (Å²) < 4.78 is 2.35. The number of unbranched alkanes of at least 4 members (excludes halogenated alkanes) is 3. The van der Waals surface area contributed by atoms with Crippen molar-refractivity contribution in [1.82, 2.24) is 0 Å². The van der Waals surface area contributed by atoms with Gasteiger partial charge in [0, 0.05) is 0 Å². The van der Waals surface area contributed by atoms with Crippen molar-refractivity contribution >= 4 is 51.7 Å². The molecule has 0 fully saturated rings. The maximum atomic E-state index is 2.49. The normalized spacial score (nSPS) is 11.7. The molecule has 2 aromatic carbocycles. The maximum absolute atomic E-state index is 2.49. The van der Waals surface area contributed by atoms with E-state index in [1.807, 2.05) is 0 Å². The van der Waals surface area contributed by atoms with E-state index in [-0.39, 0.29) is 0 Å². The standard InChI is InChI=1S/C18H16NS.C13H27.Sn/c1-14-5-9-16(10-6-14)19(18-4-3-13-20-18)17-11-7-15(2)8-12-17;1-4-7-10-13(11-8-5-2)12-9-6-3;/h3-12H,1-2H3;4-12H2,1-3H3;. The second-order valence-electron chi connectivity index (χ2n) is 9.86. The summed E-state index contributed by atoms with van der Waals surface area (Å²) in [5.74, 6) is 0. The molecule has 1 aromatic heterocycles. The van der Waals surface area contributed by atoms with Crippen molar-refractivity contribution in [3.05, 3.63) is 71.8 Å². The molecule has 1 nitrogen and oxygen atoms in total. The molecule has 34 heavy (non-hydrogen) atoms. The number of benzene rings is 2. The third kappa shape index (κ3) is 7.62. The van der Waals surface area contributed by atoms with Crippen molar-refractivity contribution in [2.45, 2.75) is 95.8 Å². The van der Waals surface area contributed by atoms with Gasteiger partial charge in [0.25, 0.3) is 0 Å². The van der Waals surface area contributed by atoms with Gasteiger partial charge >= 0.3 is 224 Å². The summed E-state index contributed by atoms with van der Waals surface area (Å²) in [5.41, 5.74) is 5.12. The number of rotatable bonds is 14. The Morgan fingerprint density at radius 1 is 0.647 bits per heavy atom. The number of anilines is 3. The second kappa shape index (κ2) is 13.7. The molecule has 182 valence electrons. The first-order chi connectivity index (χ1) is 16.5. The molecule has 3 heteroatoms. The summed E-state index contributed by atoms with van der Waals surface area (Å²) in [7, 11) is 0. The summed E-state index contributed by atoms with van der Waals surface area (Å²) >= 11 is 1.36. The number of thiophene rings is 1. The van der Waals surface area contributed by atoms with Crippen LogP contribution < -0.4 is 7.79 Å². The number of hydrogen-bond donors (Lipinski definition) is 0. The molecule has 1 heterocycles. The zero-order valence-electron chi connectivity index (χ0n) is 22.0. The molecule has 2 radical (unpaired) electrons. The van der Waals surface area contributed by atoms with Gasteiger partial charge in [0.15, 0.2) is 0 Å². The quantitative estimate of drug-likeness (QED) is 0.172. The first-order valence-corrected chi connectivity index (χ1v) is 17.0. The van der Waals surface area contributed by atoms with Crippen LogP contribution in [0.5, 0.6) is 0 Å². The van der Waals surface area contributed by atoms with Crippen LogP contribution in [0.2, 0.25) is 3.43 Å².